The number of fused-ring (bicyclic) bond motifs is 1. The molecule has 0 aliphatic heterocycles. The number of aromatic amines is 1. The van der Waals surface area contributed by atoms with Crippen molar-refractivity contribution in [3.8, 4) is 0 Å². The molecular formula is C15H12N2O2S. The fourth-order valence-corrected chi connectivity index (χ4v) is 2.83. The normalized spacial score (nSPS) is 11.8. The summed E-state index contributed by atoms with van der Waals surface area (Å²) in [6.07, 6.45) is 0. The van der Waals surface area contributed by atoms with E-state index < -0.39 is 0 Å². The number of nitrogens with one attached hydrogen (secondary N) is 1. The maximum Gasteiger partial charge on any atom is 0.305 e. The van der Waals surface area contributed by atoms with Crippen molar-refractivity contribution < 1.29 is 4.84 Å². The number of H-pyrrole nitrogens is 1. The van der Waals surface area contributed by atoms with Gasteiger partial charge in [-0.25, -0.2) is 0 Å². The standard InChI is InChI=1S/C15H12N2O2S/c1-19-17-14(10-5-3-2-4-6-10)11-7-8-12-13(9-11)20-15(18)16-12/h2-9H,1H3,(H,16,18)/b17-14-. The summed E-state index contributed by atoms with van der Waals surface area (Å²) in [7, 11) is 1.52. The molecule has 0 radical (unpaired) electrons. The summed E-state index contributed by atoms with van der Waals surface area (Å²) >= 11 is 1.19. The van der Waals surface area contributed by atoms with E-state index in [1.807, 2.05) is 48.5 Å². The molecule has 20 heavy (non-hydrogen) atoms. The van der Waals surface area contributed by atoms with Crippen molar-refractivity contribution in [3.05, 3.63) is 69.3 Å². The third kappa shape index (κ3) is 2.35. The van der Waals surface area contributed by atoms with Crippen LogP contribution in [0.1, 0.15) is 11.1 Å². The maximum atomic E-state index is 11.4. The average molecular weight is 284 g/mol. The van der Waals surface area contributed by atoms with Gasteiger partial charge in [0.05, 0.1) is 10.2 Å². The molecule has 0 saturated carbocycles. The number of nitrogens with zero attached hydrogens (tertiary/aromatic N) is 1. The highest BCUT2D eigenvalue weighted by molar-refractivity contribution is 7.16. The molecule has 100 valence electrons. The van der Waals surface area contributed by atoms with Gasteiger partial charge in [-0.15, -0.1) is 0 Å². The summed E-state index contributed by atoms with van der Waals surface area (Å²) in [5, 5.41) is 4.11. The van der Waals surface area contributed by atoms with Crippen molar-refractivity contribution in [1.82, 2.24) is 4.98 Å². The highest BCUT2D eigenvalue weighted by Gasteiger charge is 2.09. The Labute approximate surface area is 119 Å². The number of benzene rings is 2. The Balaban J connectivity index is 2.15. The van der Waals surface area contributed by atoms with Gasteiger partial charge < -0.3 is 9.82 Å². The summed E-state index contributed by atoms with van der Waals surface area (Å²) in [4.78, 5) is 19.1. The summed E-state index contributed by atoms with van der Waals surface area (Å²) in [5.74, 6) is 0. The van der Waals surface area contributed by atoms with Gasteiger partial charge in [0.25, 0.3) is 0 Å². The van der Waals surface area contributed by atoms with Crippen LogP contribution in [0.3, 0.4) is 0 Å². The second-order valence-electron chi connectivity index (χ2n) is 4.21. The molecular weight excluding hydrogens is 272 g/mol. The molecule has 3 aromatic rings. The minimum Gasteiger partial charge on any atom is -0.399 e. The maximum absolute atomic E-state index is 11.4. The largest absolute Gasteiger partial charge is 0.399 e. The lowest BCUT2D eigenvalue weighted by Crippen LogP contribution is -2.03. The molecule has 0 spiro atoms. The van der Waals surface area contributed by atoms with Crippen LogP contribution in [0, 0.1) is 0 Å². The molecule has 2 aromatic carbocycles. The van der Waals surface area contributed by atoms with Gasteiger partial charge in [-0.1, -0.05) is 52.9 Å². The molecule has 0 aliphatic carbocycles. The van der Waals surface area contributed by atoms with Crippen LogP contribution in [-0.4, -0.2) is 17.8 Å². The van der Waals surface area contributed by atoms with Crippen molar-refractivity contribution in [2.45, 2.75) is 0 Å². The van der Waals surface area contributed by atoms with E-state index in [-0.39, 0.29) is 4.87 Å². The van der Waals surface area contributed by atoms with Gasteiger partial charge in [-0.05, 0) is 12.1 Å². The molecule has 0 saturated heterocycles. The fraction of sp³-hybridized carbons (Fsp3) is 0.0667. The van der Waals surface area contributed by atoms with Crippen LogP contribution in [0.15, 0.2) is 58.5 Å². The van der Waals surface area contributed by atoms with Gasteiger partial charge in [0, 0.05) is 11.1 Å². The van der Waals surface area contributed by atoms with E-state index in [2.05, 4.69) is 10.1 Å². The Morgan fingerprint density at radius 1 is 1.15 bits per heavy atom. The SMILES string of the molecule is CO/N=C(/c1ccccc1)c1ccc2[nH]c(=O)sc2c1. The number of hydrogen-bond donors (Lipinski definition) is 1. The molecule has 0 fully saturated rings. The summed E-state index contributed by atoms with van der Waals surface area (Å²) in [6, 6.07) is 15.6. The zero-order chi connectivity index (χ0) is 13.9. The van der Waals surface area contributed by atoms with Crippen LogP contribution in [0.5, 0.6) is 0 Å². The Morgan fingerprint density at radius 2 is 1.95 bits per heavy atom. The molecule has 5 heteroatoms. The van der Waals surface area contributed by atoms with Gasteiger partial charge in [0.2, 0.25) is 0 Å². The summed E-state index contributed by atoms with van der Waals surface area (Å²) in [6.45, 7) is 0. The first-order valence-corrected chi connectivity index (χ1v) is 6.89. The quantitative estimate of drug-likeness (QED) is 0.594. The average Bonchev–Trinajstić information content (AvgIpc) is 2.84. The number of hydrogen-bond acceptors (Lipinski definition) is 4. The van der Waals surface area contributed by atoms with E-state index in [0.29, 0.717) is 0 Å². The van der Waals surface area contributed by atoms with Crippen LogP contribution >= 0.6 is 11.3 Å². The predicted molar refractivity (Wildman–Crippen MR) is 81.5 cm³/mol. The third-order valence-corrected chi connectivity index (χ3v) is 3.77. The third-order valence-electron chi connectivity index (χ3n) is 2.92. The highest BCUT2D eigenvalue weighted by atomic mass is 32.1. The first-order valence-electron chi connectivity index (χ1n) is 6.08. The molecule has 1 N–H and O–H groups in total. The molecule has 0 atom stereocenters. The smallest absolute Gasteiger partial charge is 0.305 e. The second kappa shape index (κ2) is 5.30. The monoisotopic (exact) mass is 284 g/mol. The van der Waals surface area contributed by atoms with Crippen LogP contribution in [0.4, 0.5) is 0 Å². The molecule has 4 nitrogen and oxygen atoms in total. The number of thiazole rings is 1. The first kappa shape index (κ1) is 12.6. The molecule has 0 aliphatic rings. The molecule has 1 heterocycles. The number of aromatic nitrogens is 1. The van der Waals surface area contributed by atoms with Crippen molar-refractivity contribution in [1.29, 1.82) is 0 Å². The number of rotatable bonds is 3. The van der Waals surface area contributed by atoms with Gasteiger partial charge in [0.1, 0.15) is 12.8 Å². The minimum absolute atomic E-state index is 0.0536. The fourth-order valence-electron chi connectivity index (χ4n) is 2.05. The van der Waals surface area contributed by atoms with E-state index in [1.54, 1.807) is 0 Å². The highest BCUT2D eigenvalue weighted by Crippen LogP contribution is 2.19. The lowest BCUT2D eigenvalue weighted by atomic mass is 10.0. The summed E-state index contributed by atoms with van der Waals surface area (Å²) < 4.78 is 0.909. The van der Waals surface area contributed by atoms with Crippen LogP contribution in [-0.2, 0) is 4.84 Å². The van der Waals surface area contributed by atoms with Crippen molar-refractivity contribution in [2.75, 3.05) is 7.11 Å². The van der Waals surface area contributed by atoms with Gasteiger partial charge >= 0.3 is 4.87 Å². The molecule has 0 amide bonds. The minimum atomic E-state index is -0.0536. The van der Waals surface area contributed by atoms with Crippen LogP contribution < -0.4 is 4.87 Å². The van der Waals surface area contributed by atoms with Crippen LogP contribution in [0.2, 0.25) is 0 Å². The molecule has 0 unspecified atom stereocenters. The Morgan fingerprint density at radius 3 is 2.70 bits per heavy atom. The van der Waals surface area contributed by atoms with E-state index >= 15 is 0 Å². The summed E-state index contributed by atoms with van der Waals surface area (Å²) in [5.41, 5.74) is 3.47. The van der Waals surface area contributed by atoms with Gasteiger partial charge in [0.15, 0.2) is 0 Å². The van der Waals surface area contributed by atoms with Crippen molar-refractivity contribution >= 4 is 27.3 Å². The topological polar surface area (TPSA) is 54.4 Å². The molecule has 3 rings (SSSR count). The Bertz CT molecular complexity index is 819. The first-order chi connectivity index (χ1) is 9.78. The molecule has 0 bridgehead atoms. The Kier molecular flexibility index (Phi) is 3.35. The molecule has 1 aromatic heterocycles. The van der Waals surface area contributed by atoms with Gasteiger partial charge in [-0.3, -0.25) is 4.79 Å². The zero-order valence-electron chi connectivity index (χ0n) is 10.8. The predicted octanol–water partition coefficient (Wildman–Crippen LogP) is 2.99. The van der Waals surface area contributed by atoms with E-state index in [4.69, 9.17) is 4.84 Å². The Hall–Kier alpha value is -2.40. The van der Waals surface area contributed by atoms with Gasteiger partial charge in [-0.2, -0.15) is 0 Å². The van der Waals surface area contributed by atoms with E-state index in [9.17, 15) is 4.79 Å². The lowest BCUT2D eigenvalue weighted by Gasteiger charge is -2.06. The number of oxime groups is 1. The van der Waals surface area contributed by atoms with Crippen molar-refractivity contribution in [3.63, 3.8) is 0 Å². The lowest BCUT2D eigenvalue weighted by molar-refractivity contribution is 0.214. The van der Waals surface area contributed by atoms with E-state index in [0.717, 1.165) is 27.1 Å². The zero-order valence-corrected chi connectivity index (χ0v) is 11.6. The van der Waals surface area contributed by atoms with Crippen LogP contribution in [0.25, 0.3) is 10.2 Å². The second-order valence-corrected chi connectivity index (χ2v) is 5.23. The van der Waals surface area contributed by atoms with E-state index in [1.165, 1.54) is 18.4 Å². The van der Waals surface area contributed by atoms with Crippen molar-refractivity contribution in [2.24, 2.45) is 5.16 Å².